The molecule has 0 N–H and O–H groups in total. The lowest BCUT2D eigenvalue weighted by molar-refractivity contribution is 0.867. The maximum atomic E-state index is 3.97. The number of benzene rings is 3. The molecule has 3 aromatic carbocycles. The standard InChI is InChI=1S/C28H30/c1-7-21-13-15-23(19(3)4)27(17-21)25-11-9-10-12-26(25)28-18-22(8-2)14-16-24(28)20(5)6/h7-20H,1-2H2,3-6H3. The van der Waals surface area contributed by atoms with Crippen LogP contribution in [0.1, 0.15) is 61.8 Å². The Morgan fingerprint density at radius 2 is 0.964 bits per heavy atom. The van der Waals surface area contributed by atoms with Crippen LogP contribution in [0.5, 0.6) is 0 Å². The summed E-state index contributed by atoms with van der Waals surface area (Å²) in [7, 11) is 0. The van der Waals surface area contributed by atoms with E-state index in [1.807, 2.05) is 12.2 Å². The van der Waals surface area contributed by atoms with Crippen LogP contribution in [0.4, 0.5) is 0 Å². The molecule has 28 heavy (non-hydrogen) atoms. The van der Waals surface area contributed by atoms with Crippen molar-refractivity contribution in [1.82, 2.24) is 0 Å². The van der Waals surface area contributed by atoms with E-state index in [1.54, 1.807) is 0 Å². The van der Waals surface area contributed by atoms with Crippen LogP contribution in [0.2, 0.25) is 0 Å². The van der Waals surface area contributed by atoms with Crippen molar-refractivity contribution in [2.75, 3.05) is 0 Å². The average Bonchev–Trinajstić information content (AvgIpc) is 2.72. The Balaban J connectivity index is 2.33. The summed E-state index contributed by atoms with van der Waals surface area (Å²) in [6.07, 6.45) is 3.85. The molecule has 0 unspecified atom stereocenters. The van der Waals surface area contributed by atoms with E-state index < -0.39 is 0 Å². The molecular formula is C28H30. The smallest absolute Gasteiger partial charge is 0.0102 e. The second kappa shape index (κ2) is 8.44. The zero-order valence-electron chi connectivity index (χ0n) is 17.5. The molecule has 0 spiro atoms. The average molecular weight is 367 g/mol. The molecule has 0 nitrogen and oxygen atoms in total. The highest BCUT2D eigenvalue weighted by Gasteiger charge is 2.16. The maximum absolute atomic E-state index is 3.97. The molecule has 3 rings (SSSR count). The van der Waals surface area contributed by atoms with Gasteiger partial charge in [0, 0.05) is 0 Å². The molecule has 0 heterocycles. The quantitative estimate of drug-likeness (QED) is 0.410. The molecule has 0 bridgehead atoms. The van der Waals surface area contributed by atoms with Gasteiger partial charge < -0.3 is 0 Å². The van der Waals surface area contributed by atoms with E-state index in [-0.39, 0.29) is 0 Å². The number of rotatable bonds is 6. The molecule has 0 atom stereocenters. The molecule has 0 radical (unpaired) electrons. The van der Waals surface area contributed by atoms with Gasteiger partial charge in [0.1, 0.15) is 0 Å². The van der Waals surface area contributed by atoms with E-state index in [4.69, 9.17) is 0 Å². The van der Waals surface area contributed by atoms with Crippen LogP contribution >= 0.6 is 0 Å². The summed E-state index contributed by atoms with van der Waals surface area (Å²) in [5, 5.41) is 0. The molecule has 0 heteroatoms. The zero-order chi connectivity index (χ0) is 20.3. The first kappa shape index (κ1) is 19.9. The van der Waals surface area contributed by atoms with Crippen molar-refractivity contribution in [2.24, 2.45) is 0 Å². The van der Waals surface area contributed by atoms with Crippen LogP contribution in [-0.4, -0.2) is 0 Å². The highest BCUT2D eigenvalue weighted by atomic mass is 14.2. The van der Waals surface area contributed by atoms with Crippen LogP contribution in [0.15, 0.2) is 73.8 Å². The molecule has 3 aromatic rings. The minimum absolute atomic E-state index is 0.450. The van der Waals surface area contributed by atoms with E-state index in [1.165, 1.54) is 33.4 Å². The third-order valence-corrected chi connectivity index (χ3v) is 5.38. The van der Waals surface area contributed by atoms with Crippen LogP contribution < -0.4 is 0 Å². The molecule has 0 aliphatic rings. The van der Waals surface area contributed by atoms with Gasteiger partial charge in [-0.3, -0.25) is 0 Å². The van der Waals surface area contributed by atoms with Crippen molar-refractivity contribution in [3.05, 3.63) is 96.1 Å². The summed E-state index contributed by atoms with van der Waals surface area (Å²) in [4.78, 5) is 0. The maximum Gasteiger partial charge on any atom is -0.0102 e. The minimum atomic E-state index is 0.450. The van der Waals surface area contributed by atoms with E-state index >= 15 is 0 Å². The summed E-state index contributed by atoms with van der Waals surface area (Å²) in [6.45, 7) is 17.0. The Kier molecular flexibility index (Phi) is 5.99. The van der Waals surface area contributed by atoms with Gasteiger partial charge in [0.25, 0.3) is 0 Å². The van der Waals surface area contributed by atoms with Crippen molar-refractivity contribution in [3.8, 4) is 22.3 Å². The van der Waals surface area contributed by atoms with Gasteiger partial charge in [-0.05, 0) is 68.5 Å². The Bertz CT molecular complexity index is 920. The molecule has 0 aromatic heterocycles. The molecule has 0 aliphatic carbocycles. The van der Waals surface area contributed by atoms with E-state index in [9.17, 15) is 0 Å². The lowest BCUT2D eigenvalue weighted by Gasteiger charge is -2.20. The van der Waals surface area contributed by atoms with Gasteiger partial charge in [0.2, 0.25) is 0 Å². The predicted molar refractivity (Wildman–Crippen MR) is 126 cm³/mol. The molecule has 0 amide bonds. The first-order valence-corrected chi connectivity index (χ1v) is 10.1. The second-order valence-corrected chi connectivity index (χ2v) is 7.96. The Hall–Kier alpha value is -2.86. The normalized spacial score (nSPS) is 11.1. The number of hydrogen-bond acceptors (Lipinski definition) is 0. The van der Waals surface area contributed by atoms with Gasteiger partial charge in [-0.1, -0.05) is 102 Å². The Morgan fingerprint density at radius 3 is 1.29 bits per heavy atom. The van der Waals surface area contributed by atoms with E-state index in [0.29, 0.717) is 11.8 Å². The summed E-state index contributed by atoms with van der Waals surface area (Å²) >= 11 is 0. The topological polar surface area (TPSA) is 0 Å². The van der Waals surface area contributed by atoms with Crippen LogP contribution in [0.3, 0.4) is 0 Å². The minimum Gasteiger partial charge on any atom is -0.0985 e. The van der Waals surface area contributed by atoms with Gasteiger partial charge in [-0.2, -0.15) is 0 Å². The summed E-state index contributed by atoms with van der Waals surface area (Å²) in [6, 6.07) is 22.1. The first-order chi connectivity index (χ1) is 13.5. The van der Waals surface area contributed by atoms with Gasteiger partial charge in [-0.15, -0.1) is 0 Å². The predicted octanol–water partition coefficient (Wildman–Crippen LogP) is 8.55. The molecular weight excluding hydrogens is 336 g/mol. The fourth-order valence-electron chi connectivity index (χ4n) is 3.83. The highest BCUT2D eigenvalue weighted by molar-refractivity contribution is 5.88. The summed E-state index contributed by atoms with van der Waals surface area (Å²) < 4.78 is 0. The fourth-order valence-corrected chi connectivity index (χ4v) is 3.83. The monoisotopic (exact) mass is 366 g/mol. The van der Waals surface area contributed by atoms with Gasteiger partial charge in [0.05, 0.1) is 0 Å². The molecule has 142 valence electrons. The lowest BCUT2D eigenvalue weighted by Crippen LogP contribution is -1.98. The fraction of sp³-hybridized carbons (Fsp3) is 0.214. The van der Waals surface area contributed by atoms with Crippen LogP contribution in [0, 0.1) is 0 Å². The Morgan fingerprint density at radius 1 is 0.571 bits per heavy atom. The van der Waals surface area contributed by atoms with Crippen LogP contribution in [0.25, 0.3) is 34.4 Å². The summed E-state index contributed by atoms with van der Waals surface area (Å²) in [5.74, 6) is 0.900. The number of hydrogen-bond donors (Lipinski definition) is 0. The third-order valence-electron chi connectivity index (χ3n) is 5.38. The zero-order valence-corrected chi connectivity index (χ0v) is 17.5. The molecule has 0 saturated heterocycles. The molecule has 0 saturated carbocycles. The SMILES string of the molecule is C=Cc1ccc(C(C)C)c(-c2ccccc2-c2cc(C=C)ccc2C(C)C)c1. The van der Waals surface area contributed by atoms with Crippen LogP contribution in [-0.2, 0) is 0 Å². The second-order valence-electron chi connectivity index (χ2n) is 7.96. The third kappa shape index (κ3) is 3.87. The summed E-state index contributed by atoms with van der Waals surface area (Å²) in [5.41, 5.74) is 10.2. The van der Waals surface area contributed by atoms with Crippen molar-refractivity contribution in [1.29, 1.82) is 0 Å². The highest BCUT2D eigenvalue weighted by Crippen LogP contribution is 2.40. The lowest BCUT2D eigenvalue weighted by atomic mass is 9.84. The first-order valence-electron chi connectivity index (χ1n) is 10.1. The van der Waals surface area contributed by atoms with Crippen molar-refractivity contribution < 1.29 is 0 Å². The largest absolute Gasteiger partial charge is 0.0985 e. The van der Waals surface area contributed by atoms with E-state index in [0.717, 1.165) is 11.1 Å². The van der Waals surface area contributed by atoms with Gasteiger partial charge in [0.15, 0.2) is 0 Å². The van der Waals surface area contributed by atoms with Gasteiger partial charge >= 0.3 is 0 Å². The van der Waals surface area contributed by atoms with Crippen molar-refractivity contribution in [3.63, 3.8) is 0 Å². The van der Waals surface area contributed by atoms with Gasteiger partial charge in [-0.25, -0.2) is 0 Å². The van der Waals surface area contributed by atoms with E-state index in [2.05, 4.69) is 102 Å². The molecule has 0 fully saturated rings. The van der Waals surface area contributed by atoms with Crippen molar-refractivity contribution >= 4 is 12.2 Å². The molecule has 0 aliphatic heterocycles. The van der Waals surface area contributed by atoms with Crippen molar-refractivity contribution in [2.45, 2.75) is 39.5 Å². The Labute approximate surface area is 170 Å².